The maximum absolute atomic E-state index is 14.0. The van der Waals surface area contributed by atoms with Crippen molar-refractivity contribution in [2.24, 2.45) is 5.92 Å². The Morgan fingerprint density at radius 1 is 1.22 bits per heavy atom. The SMILES string of the molecule is CC1CN(Cc2ccc3c(c2)[nH]c(=O)c2c(F)ccn23)CC=C1c1ccc(C(=O)NC2CC(F)C2)nc1. The van der Waals surface area contributed by atoms with Gasteiger partial charge in [0.1, 0.15) is 17.4 Å². The van der Waals surface area contributed by atoms with Gasteiger partial charge in [0.25, 0.3) is 11.5 Å². The van der Waals surface area contributed by atoms with E-state index in [-0.39, 0.29) is 23.4 Å². The molecule has 1 aromatic carbocycles. The number of aromatic nitrogens is 3. The average Bonchev–Trinajstić information content (AvgIpc) is 3.25. The van der Waals surface area contributed by atoms with Gasteiger partial charge in [0, 0.05) is 38.1 Å². The largest absolute Gasteiger partial charge is 0.348 e. The Balaban J connectivity index is 1.14. The molecule has 1 saturated carbocycles. The van der Waals surface area contributed by atoms with E-state index in [0.717, 1.165) is 29.7 Å². The van der Waals surface area contributed by atoms with E-state index < -0.39 is 17.5 Å². The first-order chi connectivity index (χ1) is 17.9. The predicted molar refractivity (Wildman–Crippen MR) is 138 cm³/mol. The van der Waals surface area contributed by atoms with Gasteiger partial charge < -0.3 is 14.7 Å². The molecular weight excluding hydrogens is 476 g/mol. The molecule has 1 atom stereocenters. The van der Waals surface area contributed by atoms with Crippen LogP contribution in [0.4, 0.5) is 8.78 Å². The predicted octanol–water partition coefficient (Wildman–Crippen LogP) is 4.08. The molecule has 1 aliphatic carbocycles. The second-order valence-corrected chi connectivity index (χ2v) is 10.1. The molecule has 3 aromatic heterocycles. The molecule has 0 bridgehead atoms. The number of fused-ring (bicyclic) bond motifs is 3. The zero-order valence-corrected chi connectivity index (χ0v) is 20.4. The molecule has 0 radical (unpaired) electrons. The van der Waals surface area contributed by atoms with Gasteiger partial charge in [-0.05, 0) is 59.7 Å². The monoisotopic (exact) mass is 503 g/mol. The molecular formula is C28H27F2N5O2. The Hall–Kier alpha value is -3.85. The lowest BCUT2D eigenvalue weighted by Gasteiger charge is -2.31. The fourth-order valence-electron chi connectivity index (χ4n) is 5.40. The molecule has 6 rings (SSSR count). The first-order valence-electron chi connectivity index (χ1n) is 12.5. The quantitative estimate of drug-likeness (QED) is 0.430. The summed E-state index contributed by atoms with van der Waals surface area (Å²) in [5, 5.41) is 2.82. The summed E-state index contributed by atoms with van der Waals surface area (Å²) in [6.07, 6.45) is 5.43. The van der Waals surface area contributed by atoms with Crippen LogP contribution < -0.4 is 10.9 Å². The number of alkyl halides is 1. The summed E-state index contributed by atoms with van der Waals surface area (Å²) < 4.78 is 28.5. The molecule has 1 aliphatic heterocycles. The third-order valence-electron chi connectivity index (χ3n) is 7.40. The van der Waals surface area contributed by atoms with E-state index in [0.29, 0.717) is 30.6 Å². The molecule has 4 heterocycles. The molecule has 2 N–H and O–H groups in total. The molecule has 190 valence electrons. The topological polar surface area (TPSA) is 82.5 Å². The van der Waals surface area contributed by atoms with Gasteiger partial charge in [-0.1, -0.05) is 25.1 Å². The van der Waals surface area contributed by atoms with E-state index in [9.17, 15) is 18.4 Å². The number of nitrogens with zero attached hydrogens (tertiary/aromatic N) is 3. The fourth-order valence-corrected chi connectivity index (χ4v) is 5.40. The standard InChI is InChI=1S/C28H27F2N5O2/c1-16-14-34(15-17-2-5-25-24(10-17)33-28(37)26-22(30)7-9-35(25)26)8-6-21(16)18-3-4-23(31-13-18)27(36)32-20-11-19(29)12-20/h2-7,9-10,13,16,19-20H,8,11-12,14-15H2,1H3,(H,32,36)(H,33,37). The van der Waals surface area contributed by atoms with Crippen molar-refractivity contribution in [1.82, 2.24) is 24.6 Å². The van der Waals surface area contributed by atoms with Crippen LogP contribution in [0.2, 0.25) is 0 Å². The highest BCUT2D eigenvalue weighted by atomic mass is 19.1. The van der Waals surface area contributed by atoms with Gasteiger partial charge in [-0.15, -0.1) is 0 Å². The van der Waals surface area contributed by atoms with E-state index in [1.165, 1.54) is 11.6 Å². The number of hydrogen-bond acceptors (Lipinski definition) is 4. The summed E-state index contributed by atoms with van der Waals surface area (Å²) in [7, 11) is 0. The van der Waals surface area contributed by atoms with Gasteiger partial charge in [-0.2, -0.15) is 0 Å². The maximum Gasteiger partial charge on any atom is 0.275 e. The number of aromatic amines is 1. The molecule has 1 unspecified atom stereocenters. The lowest BCUT2D eigenvalue weighted by molar-refractivity contribution is 0.0855. The zero-order chi connectivity index (χ0) is 25.7. The van der Waals surface area contributed by atoms with Gasteiger partial charge in [-0.25, -0.2) is 8.78 Å². The Labute approximate surface area is 211 Å². The average molecular weight is 504 g/mol. The molecule has 9 heteroatoms. The number of rotatable bonds is 5. The number of amides is 1. The summed E-state index contributed by atoms with van der Waals surface area (Å²) in [4.78, 5) is 34.2. The zero-order valence-electron chi connectivity index (χ0n) is 20.4. The van der Waals surface area contributed by atoms with E-state index in [1.54, 1.807) is 22.9 Å². The number of nitrogens with one attached hydrogen (secondary N) is 2. The van der Waals surface area contributed by atoms with Gasteiger partial charge in [0.05, 0.1) is 11.0 Å². The van der Waals surface area contributed by atoms with Gasteiger partial charge in [0.2, 0.25) is 0 Å². The highest BCUT2D eigenvalue weighted by Gasteiger charge is 2.30. The number of pyridine rings is 1. The first kappa shape index (κ1) is 23.5. The fraction of sp³-hybridized carbons (Fsp3) is 0.321. The molecule has 2 aliphatic rings. The molecule has 4 aromatic rings. The third kappa shape index (κ3) is 4.44. The number of carbonyl (C=O) groups excluding carboxylic acids is 1. The van der Waals surface area contributed by atoms with E-state index in [4.69, 9.17) is 0 Å². The van der Waals surface area contributed by atoms with Crippen LogP contribution >= 0.6 is 0 Å². The van der Waals surface area contributed by atoms with Crippen molar-refractivity contribution in [1.29, 1.82) is 0 Å². The van der Waals surface area contributed by atoms with Crippen LogP contribution in [0.25, 0.3) is 22.1 Å². The Kier molecular flexibility index (Phi) is 5.87. The smallest absolute Gasteiger partial charge is 0.275 e. The summed E-state index contributed by atoms with van der Waals surface area (Å²) in [6.45, 7) is 4.47. The van der Waals surface area contributed by atoms with Crippen LogP contribution in [0.3, 0.4) is 0 Å². The number of carbonyl (C=O) groups is 1. The molecule has 0 spiro atoms. The Morgan fingerprint density at radius 3 is 2.78 bits per heavy atom. The molecule has 0 saturated heterocycles. The van der Waals surface area contributed by atoms with Crippen molar-refractivity contribution in [2.75, 3.05) is 13.1 Å². The van der Waals surface area contributed by atoms with Gasteiger partial charge in [0.15, 0.2) is 5.82 Å². The van der Waals surface area contributed by atoms with Crippen LogP contribution in [0.1, 0.15) is 41.4 Å². The highest BCUT2D eigenvalue weighted by molar-refractivity contribution is 5.92. The van der Waals surface area contributed by atoms with Crippen molar-refractivity contribution in [3.63, 3.8) is 0 Å². The molecule has 7 nitrogen and oxygen atoms in total. The second-order valence-electron chi connectivity index (χ2n) is 10.1. The Bertz CT molecular complexity index is 1580. The lowest BCUT2D eigenvalue weighted by atomic mass is 9.90. The van der Waals surface area contributed by atoms with Crippen LogP contribution in [-0.4, -0.2) is 50.5 Å². The van der Waals surface area contributed by atoms with Crippen molar-refractivity contribution < 1.29 is 13.6 Å². The van der Waals surface area contributed by atoms with Crippen molar-refractivity contribution in [3.05, 3.63) is 87.9 Å². The minimum Gasteiger partial charge on any atom is -0.348 e. The minimum absolute atomic E-state index is 0.0271. The summed E-state index contributed by atoms with van der Waals surface area (Å²) in [5.74, 6) is -0.538. The van der Waals surface area contributed by atoms with Crippen molar-refractivity contribution in [2.45, 2.75) is 38.5 Å². The summed E-state index contributed by atoms with van der Waals surface area (Å²) in [6, 6.07) is 10.7. The van der Waals surface area contributed by atoms with Gasteiger partial charge in [-0.3, -0.25) is 19.5 Å². The number of hydrogen-bond donors (Lipinski definition) is 2. The molecule has 1 fully saturated rings. The summed E-state index contributed by atoms with van der Waals surface area (Å²) in [5.41, 5.74) is 4.58. The number of halogens is 2. The van der Waals surface area contributed by atoms with Crippen LogP contribution in [0.5, 0.6) is 0 Å². The molecule has 1 amide bonds. The van der Waals surface area contributed by atoms with Crippen molar-refractivity contribution >= 4 is 28.0 Å². The minimum atomic E-state index is -0.813. The van der Waals surface area contributed by atoms with Crippen LogP contribution in [-0.2, 0) is 6.54 Å². The van der Waals surface area contributed by atoms with E-state index in [2.05, 4.69) is 33.2 Å². The van der Waals surface area contributed by atoms with Crippen LogP contribution in [0, 0.1) is 11.7 Å². The highest BCUT2D eigenvalue weighted by Crippen LogP contribution is 2.29. The lowest BCUT2D eigenvalue weighted by Crippen LogP contribution is -2.45. The number of H-pyrrole nitrogens is 1. The van der Waals surface area contributed by atoms with E-state index in [1.807, 2.05) is 24.3 Å². The third-order valence-corrected chi connectivity index (χ3v) is 7.40. The molecule has 37 heavy (non-hydrogen) atoms. The first-order valence-corrected chi connectivity index (χ1v) is 12.5. The van der Waals surface area contributed by atoms with Gasteiger partial charge >= 0.3 is 0 Å². The maximum atomic E-state index is 14.0. The Morgan fingerprint density at radius 2 is 2.05 bits per heavy atom. The second kappa shape index (κ2) is 9.23. The van der Waals surface area contributed by atoms with E-state index >= 15 is 0 Å². The van der Waals surface area contributed by atoms with Crippen LogP contribution in [0.15, 0.2) is 59.7 Å². The summed E-state index contributed by atoms with van der Waals surface area (Å²) >= 11 is 0. The number of benzene rings is 1. The van der Waals surface area contributed by atoms with Crippen molar-refractivity contribution in [3.8, 4) is 0 Å². The normalized spacial score (nSPS) is 22.1.